The van der Waals surface area contributed by atoms with E-state index < -0.39 is 35.1 Å². The van der Waals surface area contributed by atoms with Gasteiger partial charge >= 0.3 is 0 Å². The second-order valence-corrected chi connectivity index (χ2v) is 12.7. The first kappa shape index (κ1) is 32.0. The highest BCUT2D eigenvalue weighted by Gasteiger charge is 2.79. The van der Waals surface area contributed by atoms with E-state index in [0.717, 1.165) is 24.8 Å². The van der Waals surface area contributed by atoms with Crippen molar-refractivity contribution in [1.29, 1.82) is 0 Å². The quantitative estimate of drug-likeness (QED) is 0.249. The molecule has 3 saturated heterocycles. The maximum atomic E-state index is 14.6. The van der Waals surface area contributed by atoms with E-state index in [4.69, 9.17) is 4.74 Å². The molecule has 1 N–H and O–H groups in total. The van der Waals surface area contributed by atoms with Gasteiger partial charge in [0.15, 0.2) is 0 Å². The zero-order chi connectivity index (χ0) is 30.7. The predicted molar refractivity (Wildman–Crippen MR) is 163 cm³/mol. The van der Waals surface area contributed by atoms with Crippen molar-refractivity contribution in [3.05, 3.63) is 61.2 Å². The number of aliphatic hydroxyl groups is 1. The number of unbranched alkanes of at least 4 members (excludes halogenated alkanes) is 2. The number of fused-ring (bicyclic) bond motifs is 1. The third-order valence-electron chi connectivity index (χ3n) is 9.60. The third kappa shape index (κ3) is 5.55. The smallest absolute Gasteiger partial charge is 0.248 e. The Balaban J connectivity index is 1.77. The van der Waals surface area contributed by atoms with Crippen molar-refractivity contribution in [3.63, 3.8) is 0 Å². The van der Waals surface area contributed by atoms with E-state index in [1.807, 2.05) is 51.1 Å². The molecule has 8 heteroatoms. The van der Waals surface area contributed by atoms with Gasteiger partial charge in [0.05, 0.1) is 30.1 Å². The van der Waals surface area contributed by atoms with Crippen molar-refractivity contribution >= 4 is 17.7 Å². The number of likely N-dealkylation sites (tertiary alicyclic amines) is 1. The van der Waals surface area contributed by atoms with Crippen LogP contribution in [0.15, 0.2) is 55.6 Å². The molecular weight excluding hydrogens is 530 g/mol. The molecule has 1 spiro atoms. The molecule has 3 fully saturated rings. The standard InChI is InChI=1S/C34H49N3O5/c1-7-10-14-21-35(19-8-2)32(41)29-34-18-17-33(6,42-34)27(28(34)31(40)37(29)26(23-38)24(4)5)30(39)36(20-9-3)22-25-15-12-11-13-16-25/h8-9,11-13,15-16,24,26-29,38H,2-3,7,10,14,17-23H2,1,4-6H3/t26-,27+,28-,29?,33-,34?/m0/s1. The van der Waals surface area contributed by atoms with Crippen molar-refractivity contribution in [2.75, 3.05) is 26.2 Å². The summed E-state index contributed by atoms with van der Waals surface area (Å²) >= 11 is 0. The molecule has 230 valence electrons. The van der Waals surface area contributed by atoms with Gasteiger partial charge in [-0.1, -0.05) is 76.1 Å². The van der Waals surface area contributed by atoms with Gasteiger partial charge in [-0.3, -0.25) is 14.4 Å². The Hall–Kier alpha value is -2.97. The number of amides is 3. The van der Waals surface area contributed by atoms with E-state index in [1.165, 1.54) is 0 Å². The van der Waals surface area contributed by atoms with Crippen LogP contribution in [0.25, 0.3) is 0 Å². The van der Waals surface area contributed by atoms with Crippen LogP contribution in [-0.4, -0.2) is 87.1 Å². The molecule has 3 aliphatic rings. The van der Waals surface area contributed by atoms with Crippen molar-refractivity contribution < 1.29 is 24.2 Å². The maximum Gasteiger partial charge on any atom is 0.248 e. The first-order valence-corrected chi connectivity index (χ1v) is 15.6. The number of carbonyl (C=O) groups excluding carboxylic acids is 3. The van der Waals surface area contributed by atoms with Crippen LogP contribution in [0.4, 0.5) is 0 Å². The summed E-state index contributed by atoms with van der Waals surface area (Å²) in [5, 5.41) is 10.5. The lowest BCUT2D eigenvalue weighted by Gasteiger charge is -2.40. The molecule has 8 nitrogen and oxygen atoms in total. The van der Waals surface area contributed by atoms with Crippen molar-refractivity contribution in [2.24, 2.45) is 17.8 Å². The molecule has 3 amide bonds. The molecule has 2 bridgehead atoms. The van der Waals surface area contributed by atoms with Crippen molar-refractivity contribution in [2.45, 2.75) is 89.6 Å². The van der Waals surface area contributed by atoms with Gasteiger partial charge in [0.1, 0.15) is 11.6 Å². The minimum atomic E-state index is -1.14. The fourth-order valence-electron chi connectivity index (χ4n) is 7.56. The van der Waals surface area contributed by atoms with Gasteiger partial charge in [-0.15, -0.1) is 13.2 Å². The molecule has 3 aliphatic heterocycles. The summed E-state index contributed by atoms with van der Waals surface area (Å²) in [5.74, 6) is -2.28. The number of hydrogen-bond donors (Lipinski definition) is 1. The van der Waals surface area contributed by atoms with Crippen molar-refractivity contribution in [3.8, 4) is 0 Å². The molecule has 1 aromatic rings. The largest absolute Gasteiger partial charge is 0.394 e. The molecule has 0 radical (unpaired) electrons. The van der Waals surface area contributed by atoms with E-state index in [9.17, 15) is 19.5 Å². The Morgan fingerprint density at radius 1 is 1.10 bits per heavy atom. The molecule has 42 heavy (non-hydrogen) atoms. The molecule has 6 atom stereocenters. The number of carbonyl (C=O) groups is 3. The zero-order valence-electron chi connectivity index (χ0n) is 25.8. The number of aliphatic hydroxyl groups excluding tert-OH is 1. The Kier molecular flexibility index (Phi) is 9.99. The van der Waals surface area contributed by atoms with Crippen LogP contribution in [0.2, 0.25) is 0 Å². The maximum absolute atomic E-state index is 14.6. The van der Waals surface area contributed by atoms with Gasteiger partial charge in [0.25, 0.3) is 0 Å². The summed E-state index contributed by atoms with van der Waals surface area (Å²) in [6.45, 7) is 17.0. The highest BCUT2D eigenvalue weighted by atomic mass is 16.5. The SMILES string of the molecule is C=CCN(CCCCC)C(=O)C1N([C@@H](CO)C(C)C)C(=O)[C@@H]2[C@H](C(=O)N(CC=C)Cc3ccccc3)[C@]3(C)CCC12O3. The van der Waals surface area contributed by atoms with Crippen LogP contribution in [0.5, 0.6) is 0 Å². The number of rotatable bonds is 15. The molecular formula is C34H49N3O5. The Bertz CT molecular complexity index is 1160. The molecule has 0 aromatic heterocycles. The lowest BCUT2D eigenvalue weighted by atomic mass is 9.66. The van der Waals surface area contributed by atoms with Crippen LogP contribution >= 0.6 is 0 Å². The molecule has 0 aliphatic carbocycles. The highest BCUT2D eigenvalue weighted by molar-refractivity contribution is 5.99. The Labute approximate surface area is 251 Å². The molecule has 2 unspecified atom stereocenters. The molecule has 3 heterocycles. The predicted octanol–water partition coefficient (Wildman–Crippen LogP) is 4.19. The van der Waals surface area contributed by atoms with E-state index in [2.05, 4.69) is 20.1 Å². The summed E-state index contributed by atoms with van der Waals surface area (Å²) < 4.78 is 6.86. The van der Waals surface area contributed by atoms with Gasteiger partial charge in [0, 0.05) is 26.2 Å². The van der Waals surface area contributed by atoms with Crippen LogP contribution in [0, 0.1) is 17.8 Å². The number of ether oxygens (including phenoxy) is 1. The van der Waals surface area contributed by atoms with E-state index >= 15 is 0 Å². The van der Waals surface area contributed by atoms with Gasteiger partial charge in [-0.05, 0) is 37.7 Å². The van der Waals surface area contributed by atoms with E-state index in [0.29, 0.717) is 39.0 Å². The minimum absolute atomic E-state index is 0.102. The Morgan fingerprint density at radius 2 is 1.76 bits per heavy atom. The average Bonchev–Trinajstić information content (AvgIpc) is 3.53. The monoisotopic (exact) mass is 579 g/mol. The zero-order valence-corrected chi connectivity index (χ0v) is 25.8. The second kappa shape index (κ2) is 13.1. The van der Waals surface area contributed by atoms with E-state index in [1.54, 1.807) is 26.9 Å². The lowest BCUT2D eigenvalue weighted by molar-refractivity contribution is -0.157. The summed E-state index contributed by atoms with van der Waals surface area (Å²) in [5.41, 5.74) is -1.03. The van der Waals surface area contributed by atoms with Gasteiger partial charge in [0.2, 0.25) is 17.7 Å². The first-order valence-electron chi connectivity index (χ1n) is 15.6. The number of nitrogens with zero attached hydrogens (tertiary/aromatic N) is 3. The van der Waals surface area contributed by atoms with Gasteiger partial charge in [-0.25, -0.2) is 0 Å². The highest BCUT2D eigenvalue weighted by Crippen LogP contribution is 2.64. The average molecular weight is 580 g/mol. The fraction of sp³-hybridized carbons (Fsp3) is 0.618. The molecule has 0 saturated carbocycles. The number of benzene rings is 1. The summed E-state index contributed by atoms with van der Waals surface area (Å²) in [6.07, 6.45) is 7.33. The van der Waals surface area contributed by atoms with Crippen LogP contribution in [-0.2, 0) is 25.7 Å². The Morgan fingerprint density at radius 3 is 2.36 bits per heavy atom. The summed E-state index contributed by atoms with van der Waals surface area (Å²) in [6, 6.07) is 8.27. The van der Waals surface area contributed by atoms with Crippen LogP contribution in [0.1, 0.15) is 65.4 Å². The molecule has 4 rings (SSSR count). The fourth-order valence-corrected chi connectivity index (χ4v) is 7.56. The second-order valence-electron chi connectivity index (χ2n) is 12.7. The van der Waals surface area contributed by atoms with Gasteiger partial charge < -0.3 is 24.5 Å². The first-order chi connectivity index (χ1) is 20.1. The molecule has 1 aromatic carbocycles. The number of hydrogen-bond acceptors (Lipinski definition) is 5. The van der Waals surface area contributed by atoms with E-state index in [-0.39, 0.29) is 30.2 Å². The summed E-state index contributed by atoms with van der Waals surface area (Å²) in [7, 11) is 0. The normalized spacial score (nSPS) is 28.6. The van der Waals surface area contributed by atoms with Crippen LogP contribution in [0.3, 0.4) is 0 Å². The van der Waals surface area contributed by atoms with Gasteiger partial charge in [-0.2, -0.15) is 0 Å². The topological polar surface area (TPSA) is 90.4 Å². The minimum Gasteiger partial charge on any atom is -0.394 e. The van der Waals surface area contributed by atoms with Crippen molar-refractivity contribution in [1.82, 2.24) is 14.7 Å². The summed E-state index contributed by atoms with van der Waals surface area (Å²) in [4.78, 5) is 48.7. The lowest BCUT2D eigenvalue weighted by Crippen LogP contribution is -2.59. The third-order valence-corrected chi connectivity index (χ3v) is 9.60. The van der Waals surface area contributed by atoms with Crippen LogP contribution < -0.4 is 0 Å².